The van der Waals surface area contributed by atoms with E-state index in [1.807, 2.05) is 19.9 Å². The third-order valence-electron chi connectivity index (χ3n) is 5.74. The van der Waals surface area contributed by atoms with Crippen LogP contribution in [-0.2, 0) is 9.53 Å². The number of ether oxygens (including phenoxy) is 1. The van der Waals surface area contributed by atoms with Crippen LogP contribution in [0.3, 0.4) is 0 Å². The number of carbonyl (C=O) groups is 1. The van der Waals surface area contributed by atoms with E-state index < -0.39 is 6.10 Å². The van der Waals surface area contributed by atoms with Crippen LogP contribution in [0, 0.1) is 17.8 Å². The van der Waals surface area contributed by atoms with Gasteiger partial charge in [0.15, 0.2) is 0 Å². The Kier molecular flexibility index (Phi) is 12.3. The summed E-state index contributed by atoms with van der Waals surface area (Å²) in [5, 5.41) is 9.73. The summed E-state index contributed by atoms with van der Waals surface area (Å²) < 4.78 is 5.95. The van der Waals surface area contributed by atoms with Crippen LogP contribution in [0.1, 0.15) is 79.6 Å². The molecule has 0 amide bonds. The zero-order chi connectivity index (χ0) is 20.9. The molecule has 1 heterocycles. The van der Waals surface area contributed by atoms with Crippen molar-refractivity contribution in [3.63, 3.8) is 0 Å². The van der Waals surface area contributed by atoms with Gasteiger partial charge >= 0.3 is 0 Å². The lowest BCUT2D eigenvalue weighted by molar-refractivity contribution is -0.121. The van der Waals surface area contributed by atoms with E-state index in [0.29, 0.717) is 24.4 Å². The third kappa shape index (κ3) is 11.0. The molecule has 4 unspecified atom stereocenters. The summed E-state index contributed by atoms with van der Waals surface area (Å²) in [7, 11) is 0. The first-order valence-electron chi connectivity index (χ1n) is 11.1. The Morgan fingerprint density at radius 2 is 1.93 bits per heavy atom. The van der Waals surface area contributed by atoms with Gasteiger partial charge < -0.3 is 9.84 Å². The van der Waals surface area contributed by atoms with Crippen molar-refractivity contribution in [3.05, 3.63) is 36.0 Å². The number of aliphatic hydroxyl groups is 1. The van der Waals surface area contributed by atoms with Crippen molar-refractivity contribution >= 4 is 5.78 Å². The molecule has 3 heteroatoms. The van der Waals surface area contributed by atoms with Gasteiger partial charge in [0.05, 0.1) is 12.2 Å². The normalized spacial score (nSPS) is 23.6. The number of hydrogen-bond acceptors (Lipinski definition) is 3. The standard InChI is InChI=1S/C25H42O3/c1-19(2)25(27)17-23(26)13-11-9-7-6-8-10-12-21(4)22(5)16-24-15-14-20(3)18-28-24/h6-8,10,12,19-20,22,24-25,27H,9,11,13-18H2,1-5H3/b7-6+,10-8+,21-12+. The summed E-state index contributed by atoms with van der Waals surface area (Å²) in [6.45, 7) is 11.5. The number of ketones is 1. The molecule has 0 bridgehead atoms. The van der Waals surface area contributed by atoms with Gasteiger partial charge in [0.2, 0.25) is 0 Å². The van der Waals surface area contributed by atoms with E-state index in [4.69, 9.17) is 4.74 Å². The predicted molar refractivity (Wildman–Crippen MR) is 118 cm³/mol. The van der Waals surface area contributed by atoms with Crippen molar-refractivity contribution in [2.24, 2.45) is 17.8 Å². The Balaban J connectivity index is 2.20. The molecule has 1 aliphatic heterocycles. The summed E-state index contributed by atoms with van der Waals surface area (Å²) >= 11 is 0. The molecular formula is C25H42O3. The van der Waals surface area contributed by atoms with Gasteiger partial charge in [-0.25, -0.2) is 0 Å². The molecule has 0 aromatic rings. The highest BCUT2D eigenvalue weighted by atomic mass is 16.5. The fourth-order valence-corrected chi connectivity index (χ4v) is 3.30. The first-order valence-corrected chi connectivity index (χ1v) is 11.1. The summed E-state index contributed by atoms with van der Waals surface area (Å²) in [5.41, 5.74) is 1.39. The molecule has 0 aliphatic carbocycles. The van der Waals surface area contributed by atoms with E-state index >= 15 is 0 Å². The van der Waals surface area contributed by atoms with Crippen LogP contribution >= 0.6 is 0 Å². The summed E-state index contributed by atoms with van der Waals surface area (Å²) in [6.07, 6.45) is 16.6. The van der Waals surface area contributed by atoms with Crippen molar-refractivity contribution in [3.8, 4) is 0 Å². The second-order valence-corrected chi connectivity index (χ2v) is 8.94. The van der Waals surface area contributed by atoms with Crippen molar-refractivity contribution in [2.75, 3.05) is 6.61 Å². The quantitative estimate of drug-likeness (QED) is 0.327. The maximum Gasteiger partial charge on any atom is 0.135 e. The van der Waals surface area contributed by atoms with Gasteiger partial charge in [-0.15, -0.1) is 0 Å². The average molecular weight is 391 g/mol. The lowest BCUT2D eigenvalue weighted by atomic mass is 9.90. The fourth-order valence-electron chi connectivity index (χ4n) is 3.30. The molecule has 1 N–H and O–H groups in total. The van der Waals surface area contributed by atoms with Gasteiger partial charge in [-0.05, 0) is 56.8 Å². The van der Waals surface area contributed by atoms with Crippen LogP contribution in [0.5, 0.6) is 0 Å². The molecule has 1 saturated heterocycles. The van der Waals surface area contributed by atoms with Crippen molar-refractivity contribution < 1.29 is 14.6 Å². The highest BCUT2D eigenvalue weighted by Crippen LogP contribution is 2.26. The largest absolute Gasteiger partial charge is 0.392 e. The van der Waals surface area contributed by atoms with Crippen molar-refractivity contribution in [1.29, 1.82) is 0 Å². The van der Waals surface area contributed by atoms with E-state index in [1.165, 1.54) is 18.4 Å². The Morgan fingerprint density at radius 3 is 2.57 bits per heavy atom. The van der Waals surface area contributed by atoms with E-state index in [-0.39, 0.29) is 18.1 Å². The fraction of sp³-hybridized carbons (Fsp3) is 0.720. The molecule has 1 aliphatic rings. The molecule has 28 heavy (non-hydrogen) atoms. The number of rotatable bonds is 12. The smallest absolute Gasteiger partial charge is 0.135 e. The second-order valence-electron chi connectivity index (χ2n) is 8.94. The van der Waals surface area contributed by atoms with Gasteiger partial charge in [0, 0.05) is 19.4 Å². The first kappa shape index (κ1) is 24.8. The summed E-state index contributed by atoms with van der Waals surface area (Å²) in [6, 6.07) is 0. The maximum atomic E-state index is 11.8. The lowest BCUT2D eigenvalue weighted by Crippen LogP contribution is -2.26. The molecule has 0 radical (unpaired) electrons. The van der Waals surface area contributed by atoms with Gasteiger partial charge in [0.25, 0.3) is 0 Å². The summed E-state index contributed by atoms with van der Waals surface area (Å²) in [4.78, 5) is 11.8. The number of hydrogen-bond donors (Lipinski definition) is 1. The van der Waals surface area contributed by atoms with E-state index in [1.54, 1.807) is 0 Å². The molecule has 1 rings (SSSR count). The molecule has 0 saturated carbocycles. The molecule has 160 valence electrons. The minimum Gasteiger partial charge on any atom is -0.392 e. The van der Waals surface area contributed by atoms with Crippen LogP contribution in [-0.4, -0.2) is 29.7 Å². The van der Waals surface area contributed by atoms with Gasteiger partial charge in [-0.1, -0.05) is 63.6 Å². The van der Waals surface area contributed by atoms with Crippen LogP contribution in [0.25, 0.3) is 0 Å². The third-order valence-corrected chi connectivity index (χ3v) is 5.74. The molecule has 0 aromatic heterocycles. The van der Waals surface area contributed by atoms with Crippen LogP contribution in [0.15, 0.2) is 36.0 Å². The van der Waals surface area contributed by atoms with Crippen molar-refractivity contribution in [2.45, 2.75) is 91.8 Å². The lowest BCUT2D eigenvalue weighted by Gasteiger charge is -2.29. The molecule has 0 spiro atoms. The number of aliphatic hydroxyl groups excluding tert-OH is 1. The van der Waals surface area contributed by atoms with Gasteiger partial charge in [-0.3, -0.25) is 4.79 Å². The predicted octanol–water partition coefficient (Wildman–Crippen LogP) is 6.03. The number of Topliss-reactive ketones (excluding diaryl/α,β-unsaturated/α-hetero) is 1. The average Bonchev–Trinajstić information content (AvgIpc) is 2.65. The minimum absolute atomic E-state index is 0.145. The highest BCUT2D eigenvalue weighted by molar-refractivity contribution is 5.78. The summed E-state index contributed by atoms with van der Waals surface area (Å²) in [5.74, 6) is 1.56. The van der Waals surface area contributed by atoms with E-state index in [9.17, 15) is 9.90 Å². The Bertz CT molecular complexity index is 522. The van der Waals surface area contributed by atoms with Gasteiger partial charge in [-0.2, -0.15) is 0 Å². The maximum absolute atomic E-state index is 11.8. The number of unbranched alkanes of at least 4 members (excludes halogenated alkanes) is 1. The van der Waals surface area contributed by atoms with Crippen LogP contribution < -0.4 is 0 Å². The van der Waals surface area contributed by atoms with E-state index in [2.05, 4.69) is 45.1 Å². The van der Waals surface area contributed by atoms with E-state index in [0.717, 1.165) is 25.9 Å². The highest BCUT2D eigenvalue weighted by Gasteiger charge is 2.21. The Hall–Kier alpha value is -1.19. The first-order chi connectivity index (χ1) is 13.3. The molecule has 3 nitrogen and oxygen atoms in total. The van der Waals surface area contributed by atoms with Crippen LogP contribution in [0.2, 0.25) is 0 Å². The number of carbonyl (C=O) groups excluding carboxylic acids is 1. The molecule has 1 fully saturated rings. The molecule has 0 aromatic carbocycles. The molecule has 4 atom stereocenters. The van der Waals surface area contributed by atoms with Crippen molar-refractivity contribution in [1.82, 2.24) is 0 Å². The zero-order valence-corrected chi connectivity index (χ0v) is 18.7. The van der Waals surface area contributed by atoms with Crippen LogP contribution in [0.4, 0.5) is 0 Å². The van der Waals surface area contributed by atoms with Gasteiger partial charge in [0.1, 0.15) is 5.78 Å². The SMILES string of the molecule is C\C(=C/C=C/C=C/CCCC(=O)CC(O)C(C)C)C(C)CC1CCC(C)CO1. The minimum atomic E-state index is -0.503. The zero-order valence-electron chi connectivity index (χ0n) is 18.7. The Labute approximate surface area is 172 Å². The molecular weight excluding hydrogens is 348 g/mol. The number of allylic oxidation sites excluding steroid dienone is 6. The monoisotopic (exact) mass is 390 g/mol. The second kappa shape index (κ2) is 13.9. The Morgan fingerprint density at radius 1 is 1.18 bits per heavy atom. The topological polar surface area (TPSA) is 46.5 Å².